The maximum absolute atomic E-state index is 12.3. The molecule has 1 fully saturated rings. The van der Waals surface area contributed by atoms with Gasteiger partial charge < -0.3 is 14.7 Å². The van der Waals surface area contributed by atoms with Gasteiger partial charge in [0.15, 0.2) is 0 Å². The van der Waals surface area contributed by atoms with E-state index in [2.05, 4.69) is 15.5 Å². The minimum Gasteiger partial charge on any atom is -0.343 e. The molecular weight excluding hydrogens is 340 g/mol. The Bertz CT molecular complexity index is 695. The second-order valence-corrected chi connectivity index (χ2v) is 6.79. The number of hydrogen-bond donors (Lipinski definition) is 1. The third kappa shape index (κ3) is 4.80. The molecule has 1 amide bonds. The van der Waals surface area contributed by atoms with Crippen molar-refractivity contribution in [2.45, 2.75) is 38.1 Å². The second-order valence-electron chi connectivity index (χ2n) is 6.36. The number of halogens is 1. The summed E-state index contributed by atoms with van der Waals surface area (Å²) in [6.07, 6.45) is 3.86. The lowest BCUT2D eigenvalue weighted by atomic mass is 10.0. The third-order valence-corrected chi connectivity index (χ3v) is 4.85. The lowest BCUT2D eigenvalue weighted by Gasteiger charge is -2.31. The van der Waals surface area contributed by atoms with Gasteiger partial charge in [-0.2, -0.15) is 4.98 Å². The van der Waals surface area contributed by atoms with Gasteiger partial charge in [-0.1, -0.05) is 16.8 Å². The number of aromatic nitrogens is 2. The van der Waals surface area contributed by atoms with Gasteiger partial charge in [0.25, 0.3) is 0 Å². The van der Waals surface area contributed by atoms with Gasteiger partial charge in [0.1, 0.15) is 0 Å². The molecule has 3 rings (SSSR count). The molecule has 134 valence electrons. The molecule has 6 nitrogen and oxygen atoms in total. The van der Waals surface area contributed by atoms with Gasteiger partial charge in [-0.05, 0) is 56.6 Å². The Kier molecular flexibility index (Phi) is 6.04. The molecule has 2 heterocycles. The summed E-state index contributed by atoms with van der Waals surface area (Å²) in [6, 6.07) is 7.65. The molecule has 0 spiro atoms. The van der Waals surface area contributed by atoms with Crippen molar-refractivity contribution in [3.63, 3.8) is 0 Å². The van der Waals surface area contributed by atoms with Gasteiger partial charge in [-0.3, -0.25) is 4.79 Å². The smallest absolute Gasteiger partial charge is 0.226 e. The van der Waals surface area contributed by atoms with Gasteiger partial charge in [0.05, 0.1) is 0 Å². The number of benzene rings is 1. The highest BCUT2D eigenvalue weighted by molar-refractivity contribution is 6.30. The third-order valence-electron chi connectivity index (χ3n) is 4.60. The van der Waals surface area contributed by atoms with Crippen LogP contribution in [0.5, 0.6) is 0 Å². The summed E-state index contributed by atoms with van der Waals surface area (Å²) in [4.78, 5) is 18.6. The molecule has 0 unspecified atom stereocenters. The van der Waals surface area contributed by atoms with Crippen molar-refractivity contribution in [3.05, 3.63) is 35.2 Å². The lowest BCUT2D eigenvalue weighted by Crippen LogP contribution is -2.43. The summed E-state index contributed by atoms with van der Waals surface area (Å²) in [5.74, 6) is 1.29. The number of carbonyl (C=O) groups excluding carboxylic acids is 1. The number of aryl methyl sites for hydroxylation is 1. The van der Waals surface area contributed by atoms with E-state index in [1.165, 1.54) is 0 Å². The Morgan fingerprint density at radius 2 is 2.04 bits per heavy atom. The van der Waals surface area contributed by atoms with E-state index >= 15 is 0 Å². The number of amides is 1. The predicted molar refractivity (Wildman–Crippen MR) is 96.3 cm³/mol. The van der Waals surface area contributed by atoms with Crippen molar-refractivity contribution in [2.75, 3.05) is 20.1 Å². The van der Waals surface area contributed by atoms with Crippen molar-refractivity contribution >= 4 is 17.5 Å². The van der Waals surface area contributed by atoms with E-state index in [1.54, 1.807) is 12.1 Å². The number of hydrogen-bond acceptors (Lipinski definition) is 5. The van der Waals surface area contributed by atoms with Gasteiger partial charge in [0.2, 0.25) is 17.6 Å². The normalized spacial score (nSPS) is 15.3. The van der Waals surface area contributed by atoms with Crippen molar-refractivity contribution < 1.29 is 9.32 Å². The van der Waals surface area contributed by atoms with E-state index in [1.807, 2.05) is 24.1 Å². The molecule has 0 atom stereocenters. The molecule has 1 aromatic heterocycles. The molecule has 1 aliphatic heterocycles. The van der Waals surface area contributed by atoms with E-state index in [0.717, 1.165) is 31.5 Å². The Hall–Kier alpha value is -1.92. The highest BCUT2D eigenvalue weighted by atomic mass is 35.5. The number of nitrogens with zero attached hydrogens (tertiary/aromatic N) is 3. The molecule has 0 saturated carbocycles. The number of carbonyl (C=O) groups is 1. The maximum Gasteiger partial charge on any atom is 0.226 e. The Balaban J connectivity index is 1.47. The fourth-order valence-electron chi connectivity index (χ4n) is 3.04. The van der Waals surface area contributed by atoms with Gasteiger partial charge in [0, 0.05) is 36.5 Å². The van der Waals surface area contributed by atoms with Crippen molar-refractivity contribution in [2.24, 2.45) is 0 Å². The zero-order valence-electron chi connectivity index (χ0n) is 14.4. The van der Waals surface area contributed by atoms with Crippen LogP contribution in [0, 0.1) is 0 Å². The van der Waals surface area contributed by atoms with E-state index in [9.17, 15) is 4.79 Å². The molecule has 0 aliphatic carbocycles. The SMILES string of the molecule is CN(C(=O)CCCc1nc(-c2ccc(Cl)cc2)no1)C1CCNCC1. The topological polar surface area (TPSA) is 71.3 Å². The summed E-state index contributed by atoms with van der Waals surface area (Å²) in [7, 11) is 1.91. The number of piperidine rings is 1. The first kappa shape index (κ1) is 17.9. The highest BCUT2D eigenvalue weighted by Gasteiger charge is 2.21. The Labute approximate surface area is 152 Å². The molecule has 1 N–H and O–H groups in total. The van der Waals surface area contributed by atoms with E-state index in [0.29, 0.717) is 42.0 Å². The van der Waals surface area contributed by atoms with Crippen LogP contribution in [0.1, 0.15) is 31.6 Å². The highest BCUT2D eigenvalue weighted by Crippen LogP contribution is 2.19. The zero-order chi connectivity index (χ0) is 17.6. The predicted octanol–water partition coefficient (Wildman–Crippen LogP) is 2.92. The van der Waals surface area contributed by atoms with Crippen LogP contribution in [0.25, 0.3) is 11.4 Å². The maximum atomic E-state index is 12.3. The van der Waals surface area contributed by atoms with Crippen LogP contribution >= 0.6 is 11.6 Å². The average molecular weight is 363 g/mol. The summed E-state index contributed by atoms with van der Waals surface area (Å²) < 4.78 is 5.28. The van der Waals surface area contributed by atoms with Crippen LogP contribution < -0.4 is 5.32 Å². The van der Waals surface area contributed by atoms with Crippen LogP contribution in [0.4, 0.5) is 0 Å². The zero-order valence-corrected chi connectivity index (χ0v) is 15.1. The van der Waals surface area contributed by atoms with Crippen LogP contribution in [-0.2, 0) is 11.2 Å². The summed E-state index contributed by atoms with van der Waals surface area (Å²) >= 11 is 5.88. The van der Waals surface area contributed by atoms with E-state index < -0.39 is 0 Å². The molecular formula is C18H23ClN4O2. The van der Waals surface area contributed by atoms with Gasteiger partial charge in [-0.15, -0.1) is 0 Å². The average Bonchev–Trinajstić information content (AvgIpc) is 3.11. The van der Waals surface area contributed by atoms with E-state index in [4.69, 9.17) is 16.1 Å². The fourth-order valence-corrected chi connectivity index (χ4v) is 3.16. The van der Waals surface area contributed by atoms with Crippen LogP contribution in [0.15, 0.2) is 28.8 Å². The standard InChI is InChI=1S/C18H23ClN4O2/c1-23(15-9-11-20-12-10-15)17(24)4-2-3-16-21-18(22-25-16)13-5-7-14(19)8-6-13/h5-8,15,20H,2-4,9-12H2,1H3. The van der Waals surface area contributed by atoms with Crippen LogP contribution in [0.3, 0.4) is 0 Å². The summed E-state index contributed by atoms with van der Waals surface area (Å²) in [5.41, 5.74) is 0.862. The van der Waals surface area contributed by atoms with Crippen LogP contribution in [0.2, 0.25) is 5.02 Å². The van der Waals surface area contributed by atoms with E-state index in [-0.39, 0.29) is 5.91 Å². The molecule has 7 heteroatoms. The first-order valence-corrected chi connectivity index (χ1v) is 9.06. The molecule has 2 aromatic rings. The molecule has 1 aliphatic rings. The molecule has 1 saturated heterocycles. The van der Waals surface area contributed by atoms with Crippen molar-refractivity contribution in [1.29, 1.82) is 0 Å². The Morgan fingerprint density at radius 3 is 2.76 bits per heavy atom. The summed E-state index contributed by atoms with van der Waals surface area (Å²) in [6.45, 7) is 1.97. The first-order valence-electron chi connectivity index (χ1n) is 8.68. The lowest BCUT2D eigenvalue weighted by molar-refractivity contribution is -0.132. The molecule has 0 bridgehead atoms. The van der Waals surface area contributed by atoms with Crippen molar-refractivity contribution in [1.82, 2.24) is 20.4 Å². The van der Waals surface area contributed by atoms with Crippen LogP contribution in [-0.4, -0.2) is 47.1 Å². The minimum absolute atomic E-state index is 0.185. The monoisotopic (exact) mass is 362 g/mol. The molecule has 1 aromatic carbocycles. The van der Waals surface area contributed by atoms with Crippen molar-refractivity contribution in [3.8, 4) is 11.4 Å². The van der Waals surface area contributed by atoms with Gasteiger partial charge in [-0.25, -0.2) is 0 Å². The Morgan fingerprint density at radius 1 is 1.32 bits per heavy atom. The largest absolute Gasteiger partial charge is 0.343 e. The van der Waals surface area contributed by atoms with Gasteiger partial charge >= 0.3 is 0 Å². The minimum atomic E-state index is 0.185. The molecule has 0 radical (unpaired) electrons. The number of rotatable bonds is 6. The number of nitrogens with one attached hydrogen (secondary N) is 1. The first-order chi connectivity index (χ1) is 12.1. The molecule has 25 heavy (non-hydrogen) atoms. The quantitative estimate of drug-likeness (QED) is 0.855. The second kappa shape index (κ2) is 8.45. The fraction of sp³-hybridized carbons (Fsp3) is 0.500. The summed E-state index contributed by atoms with van der Waals surface area (Å²) in [5, 5.41) is 7.98.